The van der Waals surface area contributed by atoms with Gasteiger partial charge in [0.2, 0.25) is 12.1 Å². The highest BCUT2D eigenvalue weighted by Gasteiger charge is 2.63. The predicted molar refractivity (Wildman–Crippen MR) is 185 cm³/mol. The van der Waals surface area contributed by atoms with Crippen LogP contribution in [0.4, 0.5) is 0 Å². The summed E-state index contributed by atoms with van der Waals surface area (Å²) < 4.78 is 40.7. The molecule has 0 saturated carbocycles. The Morgan fingerprint density at radius 2 is 1.25 bits per heavy atom. The van der Waals surface area contributed by atoms with Crippen molar-refractivity contribution in [3.8, 4) is 0 Å². The summed E-state index contributed by atoms with van der Waals surface area (Å²) in [6, 6.07) is 0. The number of rotatable bonds is 23. The standard InChI is InChI=1S/C37H64O15/c1-8-9-10-11-12-13-14-15-16-17-27(40)48-32-31(49-28(41)18-22(2)3)29(42)25(19-38)47-36(32)52-37(21-46-34(44)23(4)5)33(50-35(45)24(6)7)30(43)26(20-39)51-37/h22-26,29-33,36,38-39,42-43H,8-21H2,1-7H3. The van der Waals surface area contributed by atoms with E-state index in [9.17, 15) is 39.6 Å². The highest BCUT2D eigenvalue weighted by atomic mass is 16.8. The van der Waals surface area contributed by atoms with Gasteiger partial charge in [0, 0.05) is 12.8 Å². The number of aliphatic hydroxyl groups excluding tert-OH is 4. The molecule has 52 heavy (non-hydrogen) atoms. The minimum Gasteiger partial charge on any atom is -0.460 e. The molecule has 0 spiro atoms. The van der Waals surface area contributed by atoms with E-state index in [0.29, 0.717) is 6.42 Å². The van der Waals surface area contributed by atoms with Gasteiger partial charge in [-0.2, -0.15) is 0 Å². The van der Waals surface area contributed by atoms with Crippen LogP contribution in [0.5, 0.6) is 0 Å². The Bertz CT molecular complexity index is 1100. The van der Waals surface area contributed by atoms with Gasteiger partial charge in [0.15, 0.2) is 18.3 Å². The smallest absolute Gasteiger partial charge is 0.308 e. The number of hydrogen-bond acceptors (Lipinski definition) is 15. The van der Waals surface area contributed by atoms with Crippen LogP contribution in [0.15, 0.2) is 0 Å². The maximum Gasteiger partial charge on any atom is 0.308 e. The number of hydrogen-bond donors (Lipinski definition) is 4. The summed E-state index contributed by atoms with van der Waals surface area (Å²) >= 11 is 0. The summed E-state index contributed by atoms with van der Waals surface area (Å²) in [7, 11) is 0. The fourth-order valence-electron chi connectivity index (χ4n) is 5.91. The number of carbonyl (C=O) groups is 4. The van der Waals surface area contributed by atoms with Crippen LogP contribution in [-0.2, 0) is 52.3 Å². The Morgan fingerprint density at radius 3 is 1.79 bits per heavy atom. The average Bonchev–Trinajstić information content (AvgIpc) is 3.34. The molecule has 2 rings (SSSR count). The first kappa shape index (κ1) is 45.8. The van der Waals surface area contributed by atoms with E-state index in [0.717, 1.165) is 25.7 Å². The van der Waals surface area contributed by atoms with Crippen LogP contribution in [0.25, 0.3) is 0 Å². The van der Waals surface area contributed by atoms with Crippen molar-refractivity contribution in [2.45, 2.75) is 174 Å². The van der Waals surface area contributed by atoms with Crippen molar-refractivity contribution in [2.24, 2.45) is 17.8 Å². The number of carbonyl (C=O) groups excluding carboxylic acids is 4. The Kier molecular flexibility index (Phi) is 20.0. The monoisotopic (exact) mass is 748 g/mol. The summed E-state index contributed by atoms with van der Waals surface area (Å²) in [6.07, 6.45) is -3.98. The van der Waals surface area contributed by atoms with Gasteiger partial charge >= 0.3 is 23.9 Å². The molecule has 2 saturated heterocycles. The van der Waals surface area contributed by atoms with Crippen molar-refractivity contribution in [2.75, 3.05) is 19.8 Å². The van der Waals surface area contributed by atoms with Gasteiger partial charge < -0.3 is 53.6 Å². The average molecular weight is 749 g/mol. The summed E-state index contributed by atoms with van der Waals surface area (Å²) in [5.41, 5.74) is 0. The van der Waals surface area contributed by atoms with Gasteiger partial charge in [0.1, 0.15) is 31.0 Å². The van der Waals surface area contributed by atoms with E-state index in [-0.39, 0.29) is 18.8 Å². The molecule has 0 aromatic carbocycles. The number of unbranched alkanes of at least 4 members (excludes halogenated alkanes) is 8. The van der Waals surface area contributed by atoms with E-state index in [1.165, 1.54) is 25.7 Å². The lowest BCUT2D eigenvalue weighted by molar-refractivity contribution is -0.384. The zero-order valence-electron chi connectivity index (χ0n) is 32.0. The van der Waals surface area contributed by atoms with Crippen LogP contribution < -0.4 is 0 Å². The van der Waals surface area contributed by atoms with E-state index in [4.69, 9.17) is 33.2 Å². The Morgan fingerprint density at radius 1 is 0.692 bits per heavy atom. The van der Waals surface area contributed by atoms with Gasteiger partial charge in [0.05, 0.1) is 25.0 Å². The fourth-order valence-corrected chi connectivity index (χ4v) is 5.91. The Hall–Kier alpha value is -2.40. The van der Waals surface area contributed by atoms with Crippen molar-refractivity contribution >= 4 is 23.9 Å². The molecule has 0 amide bonds. The largest absolute Gasteiger partial charge is 0.460 e. The van der Waals surface area contributed by atoms with E-state index in [2.05, 4.69) is 6.92 Å². The third-order valence-corrected chi connectivity index (χ3v) is 8.97. The highest BCUT2D eigenvalue weighted by molar-refractivity contribution is 5.72. The lowest BCUT2D eigenvalue weighted by Gasteiger charge is -2.46. The first-order chi connectivity index (χ1) is 24.6. The predicted octanol–water partition coefficient (Wildman–Crippen LogP) is 3.09. The first-order valence-electron chi connectivity index (χ1n) is 19.0. The van der Waals surface area contributed by atoms with Gasteiger partial charge in [-0.1, -0.05) is 99.8 Å². The first-order valence-corrected chi connectivity index (χ1v) is 19.0. The van der Waals surface area contributed by atoms with E-state index < -0.39 is 110 Å². The molecule has 302 valence electrons. The highest BCUT2D eigenvalue weighted by Crippen LogP contribution is 2.40. The van der Waals surface area contributed by atoms with Gasteiger partial charge in [-0.3, -0.25) is 19.2 Å². The molecule has 2 fully saturated rings. The van der Waals surface area contributed by atoms with Gasteiger partial charge in [-0.25, -0.2) is 0 Å². The minimum atomic E-state index is -2.37. The summed E-state index contributed by atoms with van der Waals surface area (Å²) in [5, 5.41) is 42.7. The van der Waals surface area contributed by atoms with Gasteiger partial charge in [0.25, 0.3) is 0 Å². The lowest BCUT2D eigenvalue weighted by atomic mass is 9.97. The zero-order chi connectivity index (χ0) is 39.0. The summed E-state index contributed by atoms with van der Waals surface area (Å²) in [6.45, 7) is 9.63. The molecular formula is C37H64O15. The summed E-state index contributed by atoms with van der Waals surface area (Å²) in [4.78, 5) is 51.8. The molecule has 15 nitrogen and oxygen atoms in total. The van der Waals surface area contributed by atoms with E-state index in [1.807, 2.05) is 0 Å². The normalized spacial score (nSPS) is 29.0. The summed E-state index contributed by atoms with van der Waals surface area (Å²) in [5.74, 6) is -6.74. The van der Waals surface area contributed by atoms with Crippen molar-refractivity contribution in [1.29, 1.82) is 0 Å². The third-order valence-electron chi connectivity index (χ3n) is 8.97. The van der Waals surface area contributed by atoms with E-state index >= 15 is 0 Å². The third kappa shape index (κ3) is 13.8. The molecule has 0 radical (unpaired) electrons. The molecule has 9 unspecified atom stereocenters. The second-order valence-electron chi connectivity index (χ2n) is 14.8. The van der Waals surface area contributed by atoms with Crippen LogP contribution in [0.3, 0.4) is 0 Å². The van der Waals surface area contributed by atoms with Crippen LogP contribution in [-0.4, -0.2) is 119 Å². The molecule has 9 atom stereocenters. The molecule has 0 bridgehead atoms. The SMILES string of the molecule is CCCCCCCCCCCC(=O)OC1C(OC2(COC(=O)C(C)C)OC(CO)C(O)C2OC(=O)C(C)C)OC(CO)C(O)C1OC(=O)CC(C)C. The number of esters is 4. The van der Waals surface area contributed by atoms with Crippen LogP contribution in [0.1, 0.15) is 119 Å². The maximum atomic E-state index is 13.3. The van der Waals surface area contributed by atoms with Crippen LogP contribution in [0.2, 0.25) is 0 Å². The van der Waals surface area contributed by atoms with Crippen molar-refractivity contribution < 1.29 is 72.8 Å². The Balaban J connectivity index is 2.47. The molecule has 0 aliphatic carbocycles. The molecule has 2 aliphatic heterocycles. The molecule has 0 aromatic rings. The molecule has 15 heteroatoms. The molecular weight excluding hydrogens is 684 g/mol. The van der Waals surface area contributed by atoms with Gasteiger partial charge in [-0.15, -0.1) is 0 Å². The Labute approximate surface area is 307 Å². The number of ether oxygens (including phenoxy) is 7. The zero-order valence-corrected chi connectivity index (χ0v) is 32.0. The van der Waals surface area contributed by atoms with Crippen LogP contribution >= 0.6 is 0 Å². The molecule has 0 aromatic heterocycles. The quantitative estimate of drug-likeness (QED) is 0.0672. The second kappa shape index (κ2) is 22.7. The van der Waals surface area contributed by atoms with Crippen molar-refractivity contribution in [1.82, 2.24) is 0 Å². The topological polar surface area (TPSA) is 214 Å². The molecule has 2 aliphatic rings. The maximum absolute atomic E-state index is 13.3. The molecule has 4 N–H and O–H groups in total. The van der Waals surface area contributed by atoms with Crippen LogP contribution in [0, 0.1) is 17.8 Å². The van der Waals surface area contributed by atoms with E-state index in [1.54, 1.807) is 41.5 Å². The fraction of sp³-hybridized carbons (Fsp3) is 0.892. The molecule has 2 heterocycles. The minimum absolute atomic E-state index is 0.0151. The van der Waals surface area contributed by atoms with Crippen molar-refractivity contribution in [3.05, 3.63) is 0 Å². The number of aliphatic hydroxyl groups is 4. The van der Waals surface area contributed by atoms with Gasteiger partial charge in [-0.05, 0) is 12.3 Å². The lowest BCUT2D eigenvalue weighted by Crippen LogP contribution is -2.65. The van der Waals surface area contributed by atoms with Crippen molar-refractivity contribution in [3.63, 3.8) is 0 Å². The second-order valence-corrected chi connectivity index (χ2v) is 14.8.